The fourth-order valence-corrected chi connectivity index (χ4v) is 1.73. The minimum atomic E-state index is -1.16. The lowest BCUT2D eigenvalue weighted by Crippen LogP contribution is -2.07. The lowest BCUT2D eigenvalue weighted by molar-refractivity contribution is 0.0693. The van der Waals surface area contributed by atoms with Gasteiger partial charge in [0.05, 0.1) is 6.61 Å². The van der Waals surface area contributed by atoms with Gasteiger partial charge in [-0.1, -0.05) is 26.2 Å². The minimum absolute atomic E-state index is 0.135. The van der Waals surface area contributed by atoms with Crippen molar-refractivity contribution in [3.05, 3.63) is 23.8 Å². The second kappa shape index (κ2) is 9.20. The van der Waals surface area contributed by atoms with Gasteiger partial charge in [-0.15, -0.1) is 0 Å². The summed E-state index contributed by atoms with van der Waals surface area (Å²) in [5.41, 5.74) is -0.135. The van der Waals surface area contributed by atoms with Crippen molar-refractivity contribution in [2.24, 2.45) is 0 Å². The molecule has 1 aromatic carbocycles. The molecular formula is C15H22O5. The third kappa shape index (κ3) is 5.93. The third-order valence-electron chi connectivity index (χ3n) is 2.84. The number of aromatic carboxylic acids is 1. The van der Waals surface area contributed by atoms with Crippen LogP contribution in [-0.4, -0.2) is 36.0 Å². The molecule has 0 atom stereocenters. The summed E-state index contributed by atoms with van der Waals surface area (Å²) in [5.74, 6) is -1.03. The molecule has 0 fully saturated rings. The van der Waals surface area contributed by atoms with Crippen LogP contribution in [0, 0.1) is 0 Å². The molecule has 0 amide bonds. The first kappa shape index (κ1) is 16.3. The molecule has 0 aliphatic carbocycles. The van der Waals surface area contributed by atoms with Gasteiger partial charge in [-0.25, -0.2) is 4.79 Å². The minimum Gasteiger partial charge on any atom is -0.507 e. The summed E-state index contributed by atoms with van der Waals surface area (Å²) >= 11 is 0. The smallest absolute Gasteiger partial charge is 0.339 e. The number of carboxylic acids is 1. The van der Waals surface area contributed by atoms with Gasteiger partial charge in [-0.05, 0) is 18.6 Å². The Bertz CT molecular complexity index is 417. The Balaban J connectivity index is 2.19. The standard InChI is InChI=1S/C15H22O5/c1-2-3-4-5-8-19-9-10-20-12-6-7-13(15(17)18)14(16)11-12/h6-7,11,16H,2-5,8-10H2,1H3,(H,17,18). The van der Waals surface area contributed by atoms with Gasteiger partial charge in [0.25, 0.3) is 0 Å². The number of ether oxygens (including phenoxy) is 2. The molecule has 20 heavy (non-hydrogen) atoms. The highest BCUT2D eigenvalue weighted by atomic mass is 16.5. The van der Waals surface area contributed by atoms with E-state index in [4.69, 9.17) is 14.6 Å². The van der Waals surface area contributed by atoms with Gasteiger partial charge >= 0.3 is 5.97 Å². The van der Waals surface area contributed by atoms with Crippen LogP contribution in [0.2, 0.25) is 0 Å². The van der Waals surface area contributed by atoms with Crippen molar-refractivity contribution in [2.75, 3.05) is 19.8 Å². The maximum absolute atomic E-state index is 10.7. The normalized spacial score (nSPS) is 10.4. The van der Waals surface area contributed by atoms with E-state index in [1.807, 2.05) is 0 Å². The van der Waals surface area contributed by atoms with Crippen LogP contribution in [0.3, 0.4) is 0 Å². The average Bonchev–Trinajstić information content (AvgIpc) is 2.41. The number of phenols is 1. The fourth-order valence-electron chi connectivity index (χ4n) is 1.73. The predicted molar refractivity (Wildman–Crippen MR) is 75.5 cm³/mol. The first-order chi connectivity index (χ1) is 9.65. The largest absolute Gasteiger partial charge is 0.507 e. The number of aromatic hydroxyl groups is 1. The van der Waals surface area contributed by atoms with E-state index in [0.29, 0.717) is 19.0 Å². The first-order valence-corrected chi connectivity index (χ1v) is 6.92. The van der Waals surface area contributed by atoms with Crippen molar-refractivity contribution in [1.29, 1.82) is 0 Å². The highest BCUT2D eigenvalue weighted by molar-refractivity contribution is 5.90. The molecule has 0 bridgehead atoms. The topological polar surface area (TPSA) is 76.0 Å². The van der Waals surface area contributed by atoms with E-state index in [9.17, 15) is 9.90 Å². The lowest BCUT2D eigenvalue weighted by Gasteiger charge is -2.08. The predicted octanol–water partition coefficient (Wildman–Crippen LogP) is 3.07. The Labute approximate surface area is 119 Å². The van der Waals surface area contributed by atoms with Gasteiger partial charge in [-0.2, -0.15) is 0 Å². The van der Waals surface area contributed by atoms with Crippen LogP contribution in [0.15, 0.2) is 18.2 Å². The van der Waals surface area contributed by atoms with Crippen molar-refractivity contribution < 1.29 is 24.5 Å². The van der Waals surface area contributed by atoms with Gasteiger partial charge in [0.1, 0.15) is 23.7 Å². The molecule has 5 heteroatoms. The van der Waals surface area contributed by atoms with Gasteiger partial charge in [0.15, 0.2) is 0 Å². The summed E-state index contributed by atoms with van der Waals surface area (Å²) in [5, 5.41) is 18.3. The molecule has 2 N–H and O–H groups in total. The van der Waals surface area contributed by atoms with Gasteiger partial charge in [0.2, 0.25) is 0 Å². The van der Waals surface area contributed by atoms with Gasteiger partial charge in [0, 0.05) is 12.7 Å². The van der Waals surface area contributed by atoms with Crippen molar-refractivity contribution >= 4 is 5.97 Å². The van der Waals surface area contributed by atoms with Crippen LogP contribution in [0.4, 0.5) is 0 Å². The van der Waals surface area contributed by atoms with E-state index < -0.39 is 5.97 Å². The van der Waals surface area contributed by atoms with Crippen LogP contribution >= 0.6 is 0 Å². The number of carbonyl (C=O) groups is 1. The van der Waals surface area contributed by atoms with Crippen molar-refractivity contribution in [2.45, 2.75) is 32.6 Å². The molecule has 0 spiro atoms. The highest BCUT2D eigenvalue weighted by Crippen LogP contribution is 2.23. The molecule has 112 valence electrons. The zero-order chi connectivity index (χ0) is 14.8. The van der Waals surface area contributed by atoms with E-state index in [2.05, 4.69) is 6.92 Å². The Morgan fingerprint density at radius 3 is 2.60 bits per heavy atom. The SMILES string of the molecule is CCCCCCOCCOc1ccc(C(=O)O)c(O)c1. The summed E-state index contributed by atoms with van der Waals surface area (Å²) in [6, 6.07) is 4.13. The Hall–Kier alpha value is -1.75. The lowest BCUT2D eigenvalue weighted by atomic mass is 10.2. The molecule has 0 radical (unpaired) electrons. The number of rotatable bonds is 10. The highest BCUT2D eigenvalue weighted by Gasteiger charge is 2.09. The molecule has 0 heterocycles. The van der Waals surface area contributed by atoms with Crippen LogP contribution in [-0.2, 0) is 4.74 Å². The number of hydrogen-bond acceptors (Lipinski definition) is 4. The summed E-state index contributed by atoms with van der Waals surface area (Å²) in [4.78, 5) is 10.7. The second-order valence-electron chi connectivity index (χ2n) is 4.51. The third-order valence-corrected chi connectivity index (χ3v) is 2.84. The first-order valence-electron chi connectivity index (χ1n) is 6.92. The van der Waals surface area contributed by atoms with Gasteiger partial charge in [-0.3, -0.25) is 0 Å². The zero-order valence-electron chi connectivity index (χ0n) is 11.8. The van der Waals surface area contributed by atoms with Gasteiger partial charge < -0.3 is 19.7 Å². The molecule has 5 nitrogen and oxygen atoms in total. The fraction of sp³-hybridized carbons (Fsp3) is 0.533. The summed E-state index contributed by atoms with van der Waals surface area (Å²) in [6.45, 7) is 3.75. The molecule has 1 rings (SSSR count). The van der Waals surface area contributed by atoms with E-state index in [1.165, 1.54) is 37.5 Å². The van der Waals surface area contributed by atoms with E-state index in [-0.39, 0.29) is 11.3 Å². The molecule has 0 aromatic heterocycles. The molecule has 0 aliphatic rings. The molecule has 1 aromatic rings. The van der Waals surface area contributed by atoms with Crippen molar-refractivity contribution in [1.82, 2.24) is 0 Å². The maximum atomic E-state index is 10.7. The maximum Gasteiger partial charge on any atom is 0.339 e. The summed E-state index contributed by atoms with van der Waals surface area (Å²) in [6.07, 6.45) is 4.68. The van der Waals surface area contributed by atoms with Crippen LogP contribution in [0.25, 0.3) is 0 Å². The molecule has 0 saturated carbocycles. The van der Waals surface area contributed by atoms with E-state index in [1.54, 1.807) is 0 Å². The van der Waals surface area contributed by atoms with E-state index in [0.717, 1.165) is 13.0 Å². The quantitative estimate of drug-likeness (QED) is 0.645. The summed E-state index contributed by atoms with van der Waals surface area (Å²) < 4.78 is 10.8. The second-order valence-corrected chi connectivity index (χ2v) is 4.51. The molecule has 0 saturated heterocycles. The molecule has 0 unspecified atom stereocenters. The zero-order valence-corrected chi connectivity index (χ0v) is 11.8. The van der Waals surface area contributed by atoms with E-state index >= 15 is 0 Å². The molecular weight excluding hydrogens is 260 g/mol. The van der Waals surface area contributed by atoms with Crippen molar-refractivity contribution in [3.8, 4) is 11.5 Å². The summed E-state index contributed by atoms with van der Waals surface area (Å²) in [7, 11) is 0. The number of unbranched alkanes of at least 4 members (excludes halogenated alkanes) is 3. The number of hydrogen-bond donors (Lipinski definition) is 2. The number of benzene rings is 1. The Morgan fingerprint density at radius 2 is 1.95 bits per heavy atom. The monoisotopic (exact) mass is 282 g/mol. The average molecular weight is 282 g/mol. The number of carboxylic acid groups (broad SMARTS) is 1. The van der Waals surface area contributed by atoms with Crippen molar-refractivity contribution in [3.63, 3.8) is 0 Å². The Kier molecular flexibility index (Phi) is 7.50. The van der Waals surface area contributed by atoms with Crippen LogP contribution < -0.4 is 4.74 Å². The van der Waals surface area contributed by atoms with Crippen LogP contribution in [0.1, 0.15) is 43.0 Å². The molecule has 0 aliphatic heterocycles. The van der Waals surface area contributed by atoms with Crippen LogP contribution in [0.5, 0.6) is 11.5 Å². The Morgan fingerprint density at radius 1 is 1.15 bits per heavy atom.